The number of nitrogens with zero attached hydrogens (tertiary/aromatic N) is 3. The molecule has 0 radical (unpaired) electrons. The molecule has 0 fully saturated rings. The van der Waals surface area contributed by atoms with Crippen LogP contribution in [0.4, 0.5) is 4.39 Å². The molecule has 1 N–H and O–H groups in total. The largest absolute Gasteiger partial charge is 0.343 e. The molecule has 3 rings (SSSR count). The number of thiazole rings is 1. The fraction of sp³-hybridized carbons (Fsp3) is 0.235. The maximum atomic E-state index is 13.3. The number of amides is 1. The Hall–Kier alpha value is -2.54. The van der Waals surface area contributed by atoms with E-state index in [9.17, 15) is 9.18 Å². The third kappa shape index (κ3) is 3.51. The summed E-state index contributed by atoms with van der Waals surface area (Å²) in [7, 11) is 0. The van der Waals surface area contributed by atoms with Crippen LogP contribution < -0.4 is 5.32 Å². The molecule has 7 heteroatoms. The smallest absolute Gasteiger partial charge is 0.272 e. The van der Waals surface area contributed by atoms with Crippen molar-refractivity contribution in [3.8, 4) is 5.69 Å². The molecule has 24 heavy (non-hydrogen) atoms. The highest BCUT2D eigenvalue weighted by atomic mass is 32.1. The van der Waals surface area contributed by atoms with Gasteiger partial charge < -0.3 is 5.32 Å². The van der Waals surface area contributed by atoms with Crippen LogP contribution in [-0.2, 0) is 6.42 Å². The monoisotopic (exact) mass is 344 g/mol. The number of rotatable bonds is 5. The van der Waals surface area contributed by atoms with Gasteiger partial charge in [-0.15, -0.1) is 11.3 Å². The molecule has 0 aliphatic carbocycles. The van der Waals surface area contributed by atoms with Crippen LogP contribution in [0, 0.1) is 5.82 Å². The zero-order chi connectivity index (χ0) is 17.1. The van der Waals surface area contributed by atoms with Gasteiger partial charge in [0.15, 0.2) is 5.69 Å². The lowest BCUT2D eigenvalue weighted by Crippen LogP contribution is -2.27. The van der Waals surface area contributed by atoms with E-state index < -0.39 is 0 Å². The molecule has 5 nitrogen and oxygen atoms in total. The van der Waals surface area contributed by atoms with Crippen molar-refractivity contribution >= 4 is 17.2 Å². The van der Waals surface area contributed by atoms with Crippen LogP contribution in [0.1, 0.15) is 41.1 Å². The molecule has 2 aromatic heterocycles. The highest BCUT2D eigenvalue weighted by molar-refractivity contribution is 7.09. The van der Waals surface area contributed by atoms with Crippen LogP contribution in [0.5, 0.6) is 0 Å². The maximum absolute atomic E-state index is 13.3. The average Bonchev–Trinajstić information content (AvgIpc) is 3.24. The van der Waals surface area contributed by atoms with Crippen LogP contribution in [0.2, 0.25) is 0 Å². The normalized spacial score (nSPS) is 12.1. The summed E-state index contributed by atoms with van der Waals surface area (Å²) in [6.45, 7) is 3.93. The summed E-state index contributed by atoms with van der Waals surface area (Å²) in [5, 5.41) is 10.1. The Morgan fingerprint density at radius 1 is 1.42 bits per heavy atom. The van der Waals surface area contributed by atoms with Gasteiger partial charge in [0.1, 0.15) is 5.82 Å². The SMILES string of the molecule is CCc1nc(C(C)NC(=O)c2ccn(-c3cccc(F)c3)n2)cs1. The number of hydrogen-bond acceptors (Lipinski definition) is 4. The Kier molecular flexibility index (Phi) is 4.71. The van der Waals surface area contributed by atoms with Crippen molar-refractivity contribution in [2.45, 2.75) is 26.3 Å². The second-order valence-electron chi connectivity index (χ2n) is 5.34. The molecule has 1 aromatic carbocycles. The van der Waals surface area contributed by atoms with E-state index in [1.54, 1.807) is 35.7 Å². The van der Waals surface area contributed by atoms with E-state index in [0.29, 0.717) is 5.69 Å². The van der Waals surface area contributed by atoms with E-state index in [1.807, 2.05) is 19.2 Å². The number of benzene rings is 1. The van der Waals surface area contributed by atoms with E-state index in [1.165, 1.54) is 16.8 Å². The van der Waals surface area contributed by atoms with E-state index in [2.05, 4.69) is 15.4 Å². The Morgan fingerprint density at radius 3 is 2.96 bits per heavy atom. The average molecular weight is 344 g/mol. The third-order valence-corrected chi connectivity index (χ3v) is 4.57. The van der Waals surface area contributed by atoms with E-state index in [0.717, 1.165) is 17.1 Å². The van der Waals surface area contributed by atoms with E-state index in [4.69, 9.17) is 0 Å². The second-order valence-corrected chi connectivity index (χ2v) is 6.28. The summed E-state index contributed by atoms with van der Waals surface area (Å²) in [6, 6.07) is 7.45. The van der Waals surface area contributed by atoms with Crippen molar-refractivity contribution in [1.29, 1.82) is 0 Å². The van der Waals surface area contributed by atoms with Gasteiger partial charge in [-0.3, -0.25) is 4.79 Å². The minimum absolute atomic E-state index is 0.201. The Labute approximate surface area is 143 Å². The quantitative estimate of drug-likeness (QED) is 0.770. The molecule has 0 saturated carbocycles. The summed E-state index contributed by atoms with van der Waals surface area (Å²) >= 11 is 1.59. The van der Waals surface area contributed by atoms with Crippen molar-refractivity contribution in [3.63, 3.8) is 0 Å². The van der Waals surface area contributed by atoms with Crippen molar-refractivity contribution in [3.05, 3.63) is 64.1 Å². The number of carbonyl (C=O) groups excluding carboxylic acids is 1. The summed E-state index contributed by atoms with van der Waals surface area (Å²) in [5.41, 5.74) is 1.68. The topological polar surface area (TPSA) is 59.8 Å². The van der Waals surface area contributed by atoms with Gasteiger partial charge in [-0.1, -0.05) is 13.0 Å². The van der Waals surface area contributed by atoms with Gasteiger partial charge in [-0.05, 0) is 37.6 Å². The van der Waals surface area contributed by atoms with Crippen LogP contribution in [0.25, 0.3) is 5.69 Å². The summed E-state index contributed by atoms with van der Waals surface area (Å²) < 4.78 is 14.8. The minimum Gasteiger partial charge on any atom is -0.343 e. The zero-order valence-corrected chi connectivity index (χ0v) is 14.2. The summed E-state index contributed by atoms with van der Waals surface area (Å²) in [4.78, 5) is 16.8. The van der Waals surface area contributed by atoms with Crippen molar-refractivity contribution in [1.82, 2.24) is 20.1 Å². The Morgan fingerprint density at radius 2 is 2.25 bits per heavy atom. The van der Waals surface area contributed by atoms with Crippen molar-refractivity contribution < 1.29 is 9.18 Å². The molecule has 0 saturated heterocycles. The number of hydrogen-bond donors (Lipinski definition) is 1. The van der Waals surface area contributed by atoms with Gasteiger partial charge in [0.25, 0.3) is 5.91 Å². The van der Waals surface area contributed by atoms with Crippen LogP contribution in [0.3, 0.4) is 0 Å². The summed E-state index contributed by atoms with van der Waals surface area (Å²) in [5.74, 6) is -0.637. The van der Waals surface area contributed by atoms with E-state index in [-0.39, 0.29) is 23.5 Å². The molecular formula is C17H17FN4OS. The van der Waals surface area contributed by atoms with Gasteiger partial charge in [0.2, 0.25) is 0 Å². The number of aromatic nitrogens is 3. The molecule has 0 spiro atoms. The lowest BCUT2D eigenvalue weighted by atomic mass is 10.2. The number of carbonyl (C=O) groups is 1. The first-order chi connectivity index (χ1) is 11.6. The van der Waals surface area contributed by atoms with Gasteiger partial charge in [0.05, 0.1) is 22.4 Å². The van der Waals surface area contributed by atoms with Crippen molar-refractivity contribution in [2.24, 2.45) is 0 Å². The highest BCUT2D eigenvalue weighted by Gasteiger charge is 2.16. The molecule has 3 aromatic rings. The highest BCUT2D eigenvalue weighted by Crippen LogP contribution is 2.17. The lowest BCUT2D eigenvalue weighted by molar-refractivity contribution is 0.0933. The first-order valence-electron chi connectivity index (χ1n) is 7.63. The van der Waals surface area contributed by atoms with Gasteiger partial charge in [-0.2, -0.15) is 5.10 Å². The molecule has 1 unspecified atom stereocenters. The zero-order valence-electron chi connectivity index (χ0n) is 13.4. The maximum Gasteiger partial charge on any atom is 0.272 e. The Bertz CT molecular complexity index is 858. The molecule has 1 amide bonds. The van der Waals surface area contributed by atoms with Crippen LogP contribution in [-0.4, -0.2) is 20.7 Å². The number of aryl methyl sites for hydroxylation is 1. The van der Waals surface area contributed by atoms with E-state index >= 15 is 0 Å². The predicted molar refractivity (Wildman–Crippen MR) is 90.9 cm³/mol. The lowest BCUT2D eigenvalue weighted by Gasteiger charge is -2.10. The van der Waals surface area contributed by atoms with Gasteiger partial charge in [0, 0.05) is 11.6 Å². The minimum atomic E-state index is -0.349. The van der Waals surface area contributed by atoms with Gasteiger partial charge >= 0.3 is 0 Å². The molecular weight excluding hydrogens is 327 g/mol. The predicted octanol–water partition coefficient (Wildman–Crippen LogP) is 3.52. The first kappa shape index (κ1) is 16.3. The first-order valence-corrected chi connectivity index (χ1v) is 8.51. The van der Waals surface area contributed by atoms with Gasteiger partial charge in [-0.25, -0.2) is 14.1 Å². The molecule has 0 bridgehead atoms. The molecule has 2 heterocycles. The molecule has 124 valence electrons. The fourth-order valence-corrected chi connectivity index (χ4v) is 3.08. The van der Waals surface area contributed by atoms with Crippen LogP contribution >= 0.6 is 11.3 Å². The standard InChI is InChI=1S/C17H17FN4OS/c1-3-16-20-15(10-24-16)11(2)19-17(23)14-7-8-22(21-14)13-6-4-5-12(18)9-13/h4-11H,3H2,1-2H3,(H,19,23). The number of halogens is 1. The third-order valence-electron chi connectivity index (χ3n) is 3.56. The fourth-order valence-electron chi connectivity index (χ4n) is 2.24. The molecule has 0 aliphatic heterocycles. The van der Waals surface area contributed by atoms with Crippen LogP contribution in [0.15, 0.2) is 41.9 Å². The molecule has 0 aliphatic rings. The number of nitrogens with one attached hydrogen (secondary N) is 1. The second kappa shape index (κ2) is 6.92. The van der Waals surface area contributed by atoms with Crippen molar-refractivity contribution in [2.75, 3.05) is 0 Å². The Balaban J connectivity index is 1.71. The summed E-state index contributed by atoms with van der Waals surface area (Å²) in [6.07, 6.45) is 2.51. The molecule has 1 atom stereocenters.